The molecule has 0 aromatic carbocycles. The number of amides is 2. The fraction of sp³-hybridized carbons (Fsp3) is 0.714. The van der Waals surface area contributed by atoms with Crippen molar-refractivity contribution in [3.8, 4) is 11.8 Å². The lowest BCUT2D eigenvalue weighted by atomic mass is 9.88. The largest absolute Gasteiger partial charge is 0.481 e. The van der Waals surface area contributed by atoms with Gasteiger partial charge in [-0.15, -0.1) is 5.92 Å². The Morgan fingerprint density at radius 1 is 1.32 bits per heavy atom. The zero-order valence-electron chi connectivity index (χ0n) is 11.2. The summed E-state index contributed by atoms with van der Waals surface area (Å²) in [7, 11) is 0. The molecule has 0 aromatic rings. The van der Waals surface area contributed by atoms with Gasteiger partial charge in [0.25, 0.3) is 0 Å². The topological polar surface area (TPSA) is 69.6 Å². The maximum atomic E-state index is 12.1. The van der Waals surface area contributed by atoms with Crippen LogP contribution in [0, 0.1) is 17.8 Å². The Kier molecular flexibility index (Phi) is 4.31. The van der Waals surface area contributed by atoms with Crippen LogP contribution >= 0.6 is 0 Å². The number of urea groups is 1. The lowest BCUT2D eigenvalue weighted by Crippen LogP contribution is -2.51. The second kappa shape index (κ2) is 5.96. The molecule has 2 unspecified atom stereocenters. The molecular weight excluding hydrogens is 244 g/mol. The number of carbonyl (C=O) groups excluding carboxylic acids is 1. The van der Waals surface area contributed by atoms with Crippen LogP contribution in [0.3, 0.4) is 0 Å². The molecule has 0 aliphatic carbocycles. The first-order valence-electron chi connectivity index (χ1n) is 6.79. The summed E-state index contributed by atoms with van der Waals surface area (Å²) in [5, 5.41) is 11.7. The van der Waals surface area contributed by atoms with Gasteiger partial charge < -0.3 is 15.3 Å². The lowest BCUT2D eigenvalue weighted by Gasteiger charge is -2.38. The minimum Gasteiger partial charge on any atom is -0.481 e. The summed E-state index contributed by atoms with van der Waals surface area (Å²) in [6.07, 6.45) is 3.84. The highest BCUT2D eigenvalue weighted by atomic mass is 16.4. The molecule has 2 heterocycles. The van der Waals surface area contributed by atoms with Gasteiger partial charge in [-0.1, -0.05) is 5.92 Å². The van der Waals surface area contributed by atoms with Crippen molar-refractivity contribution >= 4 is 12.0 Å². The molecule has 2 saturated heterocycles. The molecule has 0 spiro atoms. The van der Waals surface area contributed by atoms with Gasteiger partial charge in [0.1, 0.15) is 0 Å². The van der Waals surface area contributed by atoms with E-state index in [4.69, 9.17) is 5.11 Å². The molecule has 5 heteroatoms. The zero-order valence-corrected chi connectivity index (χ0v) is 11.2. The molecule has 2 N–H and O–H groups in total. The number of fused-ring (bicyclic) bond motifs is 2. The second-order valence-corrected chi connectivity index (χ2v) is 5.31. The Balaban J connectivity index is 1.92. The number of rotatable bonds is 3. The monoisotopic (exact) mass is 264 g/mol. The van der Waals surface area contributed by atoms with Gasteiger partial charge in [0.05, 0.1) is 6.54 Å². The highest BCUT2D eigenvalue weighted by molar-refractivity contribution is 5.76. The van der Waals surface area contributed by atoms with Crippen LogP contribution in [0.2, 0.25) is 0 Å². The van der Waals surface area contributed by atoms with Crippen molar-refractivity contribution < 1.29 is 14.7 Å². The van der Waals surface area contributed by atoms with E-state index in [-0.39, 0.29) is 30.5 Å². The van der Waals surface area contributed by atoms with Crippen molar-refractivity contribution in [1.82, 2.24) is 10.2 Å². The molecule has 0 radical (unpaired) electrons. The average Bonchev–Trinajstić information content (AvgIpc) is 2.61. The maximum Gasteiger partial charge on any atom is 0.318 e. The quantitative estimate of drug-likeness (QED) is 0.758. The van der Waals surface area contributed by atoms with Gasteiger partial charge in [0, 0.05) is 18.5 Å². The summed E-state index contributed by atoms with van der Waals surface area (Å²) in [5.41, 5.74) is 0. The van der Waals surface area contributed by atoms with Crippen LogP contribution in [-0.2, 0) is 4.79 Å². The highest BCUT2D eigenvalue weighted by Gasteiger charge is 2.43. The van der Waals surface area contributed by atoms with Crippen LogP contribution in [0.5, 0.6) is 0 Å². The first-order valence-corrected chi connectivity index (χ1v) is 6.79. The van der Waals surface area contributed by atoms with Gasteiger partial charge in [0.15, 0.2) is 0 Å². The van der Waals surface area contributed by atoms with Crippen LogP contribution in [0.4, 0.5) is 4.79 Å². The third-order valence-electron chi connectivity index (χ3n) is 4.03. The SMILES string of the molecule is CC#CCNC(=O)N1C2CCC1CC(CC(=O)O)C2. The normalized spacial score (nSPS) is 28.5. The fourth-order valence-electron chi connectivity index (χ4n) is 3.33. The number of nitrogens with one attached hydrogen (secondary N) is 1. The van der Waals surface area contributed by atoms with E-state index >= 15 is 0 Å². The van der Waals surface area contributed by atoms with Gasteiger partial charge in [-0.25, -0.2) is 4.79 Å². The number of hydrogen-bond acceptors (Lipinski definition) is 2. The van der Waals surface area contributed by atoms with Crippen molar-refractivity contribution in [3.63, 3.8) is 0 Å². The maximum absolute atomic E-state index is 12.1. The van der Waals surface area contributed by atoms with Crippen LogP contribution in [0.15, 0.2) is 0 Å². The van der Waals surface area contributed by atoms with Gasteiger partial charge in [-0.3, -0.25) is 4.79 Å². The van der Waals surface area contributed by atoms with Crippen LogP contribution < -0.4 is 5.32 Å². The fourth-order valence-corrected chi connectivity index (χ4v) is 3.33. The van der Waals surface area contributed by atoms with Crippen molar-refractivity contribution in [2.75, 3.05) is 6.54 Å². The predicted octanol–water partition coefficient (Wildman–Crippen LogP) is 1.44. The molecule has 2 bridgehead atoms. The Morgan fingerprint density at radius 2 is 1.95 bits per heavy atom. The Morgan fingerprint density at radius 3 is 2.47 bits per heavy atom. The minimum atomic E-state index is -0.736. The molecular formula is C14H20N2O3. The third kappa shape index (κ3) is 3.19. The first-order chi connectivity index (χ1) is 9.11. The Labute approximate surface area is 113 Å². The third-order valence-corrected chi connectivity index (χ3v) is 4.03. The van der Waals surface area contributed by atoms with Crippen LogP contribution in [-0.4, -0.2) is 40.6 Å². The van der Waals surface area contributed by atoms with E-state index in [1.165, 1.54) is 0 Å². The van der Waals surface area contributed by atoms with Crippen molar-refractivity contribution in [1.29, 1.82) is 0 Å². The molecule has 0 aromatic heterocycles. The smallest absolute Gasteiger partial charge is 0.318 e. The summed E-state index contributed by atoms with van der Waals surface area (Å²) >= 11 is 0. The van der Waals surface area contributed by atoms with E-state index in [0.29, 0.717) is 6.54 Å². The standard InChI is InChI=1S/C14H20N2O3/c1-2-3-6-15-14(19)16-11-4-5-12(16)8-10(7-11)9-13(17)18/h10-12H,4-9H2,1H3,(H,15,19)(H,17,18). The summed E-state index contributed by atoms with van der Waals surface area (Å²) in [6.45, 7) is 2.12. The summed E-state index contributed by atoms with van der Waals surface area (Å²) in [4.78, 5) is 24.8. The molecule has 2 aliphatic rings. The Hall–Kier alpha value is -1.70. The highest BCUT2D eigenvalue weighted by Crippen LogP contribution is 2.39. The van der Waals surface area contributed by atoms with E-state index in [2.05, 4.69) is 17.2 Å². The van der Waals surface area contributed by atoms with Gasteiger partial charge in [-0.05, 0) is 38.5 Å². The lowest BCUT2D eigenvalue weighted by molar-refractivity contribution is -0.138. The second-order valence-electron chi connectivity index (χ2n) is 5.31. The van der Waals surface area contributed by atoms with E-state index in [0.717, 1.165) is 25.7 Å². The molecule has 2 atom stereocenters. The summed E-state index contributed by atoms with van der Waals surface area (Å²) in [5.74, 6) is 5.04. The average molecular weight is 264 g/mol. The van der Waals surface area contributed by atoms with Crippen molar-refractivity contribution in [2.45, 2.75) is 51.1 Å². The molecule has 2 aliphatic heterocycles. The number of piperidine rings is 1. The first kappa shape index (κ1) is 13.7. The van der Waals surface area contributed by atoms with E-state index in [1.807, 2.05) is 4.90 Å². The number of carboxylic acid groups (broad SMARTS) is 1. The summed E-state index contributed by atoms with van der Waals surface area (Å²) < 4.78 is 0. The molecule has 104 valence electrons. The zero-order chi connectivity index (χ0) is 13.8. The Bertz CT molecular complexity index is 410. The predicted molar refractivity (Wildman–Crippen MR) is 70.5 cm³/mol. The van der Waals surface area contributed by atoms with Gasteiger partial charge >= 0.3 is 12.0 Å². The van der Waals surface area contributed by atoms with Crippen LogP contribution in [0.25, 0.3) is 0 Å². The molecule has 2 amide bonds. The molecule has 19 heavy (non-hydrogen) atoms. The van der Waals surface area contributed by atoms with E-state index in [1.54, 1.807) is 6.92 Å². The van der Waals surface area contributed by atoms with Gasteiger partial charge in [-0.2, -0.15) is 0 Å². The number of aliphatic carboxylic acids is 1. The van der Waals surface area contributed by atoms with E-state index < -0.39 is 5.97 Å². The number of hydrogen-bond donors (Lipinski definition) is 2. The molecule has 2 fully saturated rings. The van der Waals surface area contributed by atoms with Gasteiger partial charge in [0.2, 0.25) is 0 Å². The summed E-state index contributed by atoms with van der Waals surface area (Å²) in [6, 6.07) is 0.361. The number of carboxylic acids is 1. The van der Waals surface area contributed by atoms with Crippen LogP contribution in [0.1, 0.15) is 39.0 Å². The van der Waals surface area contributed by atoms with Crippen molar-refractivity contribution in [2.24, 2.45) is 5.92 Å². The molecule has 2 rings (SSSR count). The number of nitrogens with zero attached hydrogens (tertiary/aromatic N) is 1. The molecule has 0 saturated carbocycles. The minimum absolute atomic E-state index is 0.0518. The van der Waals surface area contributed by atoms with Crippen molar-refractivity contribution in [3.05, 3.63) is 0 Å². The molecule has 5 nitrogen and oxygen atoms in total. The van der Waals surface area contributed by atoms with E-state index in [9.17, 15) is 9.59 Å². The number of carbonyl (C=O) groups is 2.